The van der Waals surface area contributed by atoms with E-state index in [9.17, 15) is 0 Å². The van der Waals surface area contributed by atoms with E-state index < -0.39 is 0 Å². The molecule has 1 saturated carbocycles. The minimum atomic E-state index is 0. The molecule has 0 aliphatic heterocycles. The number of aryl methyl sites for hydroxylation is 1. The summed E-state index contributed by atoms with van der Waals surface area (Å²) in [6.45, 7) is 2.06. The Labute approximate surface area is 233 Å². The van der Waals surface area contributed by atoms with E-state index in [4.69, 9.17) is 4.98 Å². The Morgan fingerprint density at radius 3 is 2.27 bits per heavy atom. The molecule has 1 fully saturated rings. The van der Waals surface area contributed by atoms with Gasteiger partial charge in [-0.3, -0.25) is 0 Å². The molecule has 3 aromatic carbocycles. The molecule has 1 radical (unpaired) electrons. The van der Waals surface area contributed by atoms with Crippen molar-refractivity contribution in [3.8, 4) is 33.6 Å². The van der Waals surface area contributed by atoms with Crippen molar-refractivity contribution in [1.82, 2.24) is 9.97 Å². The third-order valence-corrected chi connectivity index (χ3v) is 7.44. The summed E-state index contributed by atoms with van der Waals surface area (Å²) in [7, 11) is 0. The molecule has 5 aromatic rings. The van der Waals surface area contributed by atoms with Gasteiger partial charge in [0.1, 0.15) is 0 Å². The second-order valence-electron chi connectivity index (χ2n) is 9.71. The first-order valence-electron chi connectivity index (χ1n) is 12.7. The van der Waals surface area contributed by atoms with E-state index >= 15 is 0 Å². The molecule has 2 nitrogen and oxygen atoms in total. The molecule has 2 aliphatic carbocycles. The molecule has 2 heterocycles. The van der Waals surface area contributed by atoms with Gasteiger partial charge < -0.3 is 9.97 Å². The van der Waals surface area contributed by atoms with E-state index in [0.29, 0.717) is 0 Å². The summed E-state index contributed by atoms with van der Waals surface area (Å²) in [6, 6.07) is 37.6. The molecule has 2 unspecified atom stereocenters. The molecule has 37 heavy (non-hydrogen) atoms. The number of hydrogen-bond acceptors (Lipinski definition) is 2. The molecule has 3 heteroatoms. The number of hydrogen-bond donors (Lipinski definition) is 0. The van der Waals surface area contributed by atoms with Gasteiger partial charge in [-0.05, 0) is 72.2 Å². The zero-order valence-corrected chi connectivity index (χ0v) is 23.2. The quantitative estimate of drug-likeness (QED) is 0.182. The van der Waals surface area contributed by atoms with Crippen molar-refractivity contribution in [1.29, 1.82) is 0 Å². The summed E-state index contributed by atoms with van der Waals surface area (Å²) in [6.07, 6.45) is 7.98. The zero-order chi connectivity index (χ0) is 24.3. The number of nitrogens with zero attached hydrogens (tertiary/aromatic N) is 2. The SMILES string of the molecule is Cc1cccnc1-c1[c-]cccc1.[Ir].[c-]1ccc(-c2ccccc2)cc1-c1cc2c(cn1)C1CCC2C1. The van der Waals surface area contributed by atoms with Crippen molar-refractivity contribution < 1.29 is 20.1 Å². The predicted octanol–water partition coefficient (Wildman–Crippen LogP) is 8.44. The van der Waals surface area contributed by atoms with Crippen molar-refractivity contribution in [2.24, 2.45) is 0 Å². The monoisotopic (exact) mass is 657 g/mol. The minimum absolute atomic E-state index is 0. The third-order valence-electron chi connectivity index (χ3n) is 7.44. The van der Waals surface area contributed by atoms with Crippen molar-refractivity contribution >= 4 is 0 Å². The molecule has 185 valence electrons. The Bertz CT molecular complexity index is 1480. The maximum Gasteiger partial charge on any atom is 0.0198 e. The van der Waals surface area contributed by atoms with E-state index in [0.717, 1.165) is 34.4 Å². The second-order valence-corrected chi connectivity index (χ2v) is 9.71. The van der Waals surface area contributed by atoms with Crippen LogP contribution in [0.4, 0.5) is 0 Å². The van der Waals surface area contributed by atoms with E-state index in [1.165, 1.54) is 41.5 Å². The first kappa shape index (κ1) is 25.3. The van der Waals surface area contributed by atoms with E-state index in [1.54, 1.807) is 5.56 Å². The Hall–Kier alpha value is -3.39. The summed E-state index contributed by atoms with van der Waals surface area (Å²) in [5.41, 5.74) is 10.9. The van der Waals surface area contributed by atoms with E-state index in [-0.39, 0.29) is 20.1 Å². The van der Waals surface area contributed by atoms with Crippen LogP contribution in [0.5, 0.6) is 0 Å². The van der Waals surface area contributed by atoms with Crippen LogP contribution in [0.15, 0.2) is 103 Å². The normalized spacial score (nSPS) is 16.8. The summed E-state index contributed by atoms with van der Waals surface area (Å²) in [5.74, 6) is 1.55. The average molecular weight is 657 g/mol. The Balaban J connectivity index is 0.000000172. The van der Waals surface area contributed by atoms with Crippen LogP contribution >= 0.6 is 0 Å². The predicted molar refractivity (Wildman–Crippen MR) is 147 cm³/mol. The summed E-state index contributed by atoms with van der Waals surface area (Å²) in [4.78, 5) is 9.06. The van der Waals surface area contributed by atoms with Crippen LogP contribution in [0.1, 0.15) is 47.8 Å². The fraction of sp³-hybridized carbons (Fsp3) is 0.176. The Kier molecular flexibility index (Phi) is 7.74. The van der Waals surface area contributed by atoms with Crippen molar-refractivity contribution in [3.05, 3.63) is 132 Å². The topological polar surface area (TPSA) is 25.8 Å². The van der Waals surface area contributed by atoms with Crippen LogP contribution in [-0.2, 0) is 20.1 Å². The fourth-order valence-corrected chi connectivity index (χ4v) is 5.60. The molecule has 2 aromatic heterocycles. The fourth-order valence-electron chi connectivity index (χ4n) is 5.60. The van der Waals surface area contributed by atoms with Crippen LogP contribution in [0, 0.1) is 19.1 Å². The van der Waals surface area contributed by atoms with Gasteiger partial charge in [-0.1, -0.05) is 48.0 Å². The van der Waals surface area contributed by atoms with Crippen molar-refractivity contribution in [3.63, 3.8) is 0 Å². The second kappa shape index (κ2) is 11.3. The van der Waals surface area contributed by atoms with Crippen molar-refractivity contribution in [2.45, 2.75) is 38.0 Å². The first-order chi connectivity index (χ1) is 17.8. The van der Waals surface area contributed by atoms with Crippen LogP contribution in [0.3, 0.4) is 0 Å². The van der Waals surface area contributed by atoms with Gasteiger partial charge in [-0.15, -0.1) is 71.3 Å². The standard InChI is InChI=1S/C22H18N.C12H10N.Ir/c1-2-5-15(6-3-1)16-7-4-8-19(11-16)22-13-20-17-9-10-18(12-17)21(20)14-23-22;1-10-6-5-9-13-12(10)11-7-3-2-4-8-11;/h1-7,11,13-14,17-18H,9-10,12H2;2-7,9H,1H3;/q2*-1;. The van der Waals surface area contributed by atoms with Crippen LogP contribution in [0.25, 0.3) is 33.6 Å². The molecular weight excluding hydrogens is 629 g/mol. The summed E-state index contributed by atoms with van der Waals surface area (Å²) >= 11 is 0. The first-order valence-corrected chi connectivity index (χ1v) is 12.7. The summed E-state index contributed by atoms with van der Waals surface area (Å²) in [5, 5.41) is 0. The van der Waals surface area contributed by atoms with Gasteiger partial charge >= 0.3 is 0 Å². The maximum atomic E-state index is 4.74. The van der Waals surface area contributed by atoms with Crippen LogP contribution in [0.2, 0.25) is 0 Å². The molecule has 7 rings (SSSR count). The van der Waals surface area contributed by atoms with E-state index in [2.05, 4.69) is 84.8 Å². The minimum Gasteiger partial charge on any atom is -0.304 e. The largest absolute Gasteiger partial charge is 0.304 e. The number of aromatic nitrogens is 2. The molecule has 0 saturated heterocycles. The maximum absolute atomic E-state index is 4.74. The zero-order valence-electron chi connectivity index (χ0n) is 20.8. The van der Waals surface area contributed by atoms with Gasteiger partial charge in [0.2, 0.25) is 0 Å². The van der Waals surface area contributed by atoms with Gasteiger partial charge in [0.25, 0.3) is 0 Å². The van der Waals surface area contributed by atoms with Gasteiger partial charge in [0, 0.05) is 32.5 Å². The Morgan fingerprint density at radius 1 is 0.703 bits per heavy atom. The van der Waals surface area contributed by atoms with Gasteiger partial charge in [-0.2, -0.15) is 0 Å². The molecule has 0 spiro atoms. The number of benzene rings is 3. The molecule has 2 atom stereocenters. The van der Waals surface area contributed by atoms with Gasteiger partial charge in [0.05, 0.1) is 0 Å². The number of rotatable bonds is 3. The molecule has 0 amide bonds. The van der Waals surface area contributed by atoms with Gasteiger partial charge in [0.15, 0.2) is 0 Å². The molecule has 0 N–H and O–H groups in total. The van der Waals surface area contributed by atoms with Crippen LogP contribution in [-0.4, -0.2) is 9.97 Å². The number of fused-ring (bicyclic) bond motifs is 5. The Morgan fingerprint density at radius 2 is 1.49 bits per heavy atom. The van der Waals surface area contributed by atoms with Crippen LogP contribution < -0.4 is 0 Å². The van der Waals surface area contributed by atoms with Crippen molar-refractivity contribution in [2.75, 3.05) is 0 Å². The van der Waals surface area contributed by atoms with E-state index in [1.807, 2.05) is 42.6 Å². The number of pyridine rings is 2. The molecule has 2 aliphatic rings. The van der Waals surface area contributed by atoms with Gasteiger partial charge in [-0.25, -0.2) is 0 Å². The molecular formula is C34H28IrN2-2. The smallest absolute Gasteiger partial charge is 0.0198 e. The average Bonchev–Trinajstić information content (AvgIpc) is 3.58. The third kappa shape index (κ3) is 5.34. The molecule has 2 bridgehead atoms. The summed E-state index contributed by atoms with van der Waals surface area (Å²) < 4.78 is 0.